The summed E-state index contributed by atoms with van der Waals surface area (Å²) in [5.41, 5.74) is 2.92. The predicted molar refractivity (Wildman–Crippen MR) is 76.5 cm³/mol. The van der Waals surface area contributed by atoms with Gasteiger partial charge in [0.15, 0.2) is 0 Å². The van der Waals surface area contributed by atoms with Crippen molar-refractivity contribution in [3.8, 4) is 0 Å². The van der Waals surface area contributed by atoms with Gasteiger partial charge in [0.2, 0.25) is 0 Å². The Hall–Kier alpha value is -0.820. The van der Waals surface area contributed by atoms with E-state index >= 15 is 0 Å². The Labute approximate surface area is 107 Å². The predicted octanol–water partition coefficient (Wildman–Crippen LogP) is 4.10. The van der Waals surface area contributed by atoms with E-state index in [4.69, 9.17) is 0 Å². The zero-order chi connectivity index (χ0) is 12.5. The van der Waals surface area contributed by atoms with Crippen LogP contribution >= 0.6 is 0 Å². The molecule has 96 valence electrons. The third-order valence-corrected chi connectivity index (χ3v) is 3.32. The van der Waals surface area contributed by atoms with Crippen LogP contribution in [0.4, 0.5) is 0 Å². The van der Waals surface area contributed by atoms with Gasteiger partial charge in [0.25, 0.3) is 0 Å². The SMILES string of the molecule is CCCCC(Cc1ccccc1C)NCCC. The van der Waals surface area contributed by atoms with Crippen LogP contribution in [-0.2, 0) is 6.42 Å². The van der Waals surface area contributed by atoms with E-state index in [1.807, 2.05) is 0 Å². The van der Waals surface area contributed by atoms with Crippen LogP contribution in [-0.4, -0.2) is 12.6 Å². The first-order valence-electron chi connectivity index (χ1n) is 7.05. The Morgan fingerprint density at radius 3 is 2.53 bits per heavy atom. The fourth-order valence-electron chi connectivity index (χ4n) is 2.18. The van der Waals surface area contributed by atoms with Crippen LogP contribution < -0.4 is 5.32 Å². The number of aryl methyl sites for hydroxylation is 1. The maximum absolute atomic E-state index is 3.68. The van der Waals surface area contributed by atoms with Gasteiger partial charge in [0, 0.05) is 6.04 Å². The molecule has 1 aromatic rings. The van der Waals surface area contributed by atoms with Crippen molar-refractivity contribution >= 4 is 0 Å². The van der Waals surface area contributed by atoms with E-state index in [1.54, 1.807) is 0 Å². The second kappa shape index (κ2) is 8.30. The number of hydrogen-bond donors (Lipinski definition) is 1. The van der Waals surface area contributed by atoms with Crippen LogP contribution in [0, 0.1) is 6.92 Å². The molecule has 1 rings (SSSR count). The van der Waals surface area contributed by atoms with Crippen LogP contribution in [0.2, 0.25) is 0 Å². The molecule has 0 aromatic heterocycles. The zero-order valence-electron chi connectivity index (χ0n) is 11.6. The first-order chi connectivity index (χ1) is 8.27. The van der Waals surface area contributed by atoms with E-state index in [2.05, 4.69) is 50.4 Å². The highest BCUT2D eigenvalue weighted by atomic mass is 14.9. The van der Waals surface area contributed by atoms with Gasteiger partial charge in [-0.25, -0.2) is 0 Å². The molecular formula is C16H27N. The van der Waals surface area contributed by atoms with Gasteiger partial charge in [0.05, 0.1) is 0 Å². The standard InChI is InChI=1S/C16H27N/c1-4-6-11-16(17-12-5-2)13-15-10-8-7-9-14(15)3/h7-10,16-17H,4-6,11-13H2,1-3H3. The maximum Gasteiger partial charge on any atom is 0.0108 e. The molecule has 0 saturated heterocycles. The molecule has 1 unspecified atom stereocenters. The summed E-state index contributed by atoms with van der Waals surface area (Å²) in [5.74, 6) is 0. The number of unbranched alkanes of at least 4 members (excludes halogenated alkanes) is 1. The molecule has 1 nitrogen and oxygen atoms in total. The molecule has 0 aliphatic heterocycles. The van der Waals surface area contributed by atoms with Crippen molar-refractivity contribution < 1.29 is 0 Å². The summed E-state index contributed by atoms with van der Waals surface area (Å²) in [6.07, 6.45) is 6.30. The Morgan fingerprint density at radius 2 is 1.88 bits per heavy atom. The van der Waals surface area contributed by atoms with Crippen molar-refractivity contribution in [2.75, 3.05) is 6.54 Å². The minimum absolute atomic E-state index is 0.649. The second-order valence-electron chi connectivity index (χ2n) is 4.92. The van der Waals surface area contributed by atoms with E-state index in [-0.39, 0.29) is 0 Å². The van der Waals surface area contributed by atoms with Gasteiger partial charge >= 0.3 is 0 Å². The van der Waals surface area contributed by atoms with E-state index in [9.17, 15) is 0 Å². The molecule has 0 spiro atoms. The number of benzene rings is 1. The number of rotatable bonds is 8. The van der Waals surface area contributed by atoms with E-state index in [1.165, 1.54) is 43.2 Å². The normalized spacial score (nSPS) is 12.6. The van der Waals surface area contributed by atoms with Gasteiger partial charge < -0.3 is 5.32 Å². The van der Waals surface area contributed by atoms with Gasteiger partial charge in [-0.2, -0.15) is 0 Å². The Bertz CT molecular complexity index is 298. The smallest absolute Gasteiger partial charge is 0.0108 e. The van der Waals surface area contributed by atoms with Crippen molar-refractivity contribution in [3.63, 3.8) is 0 Å². The lowest BCUT2D eigenvalue weighted by Gasteiger charge is -2.19. The maximum atomic E-state index is 3.68. The molecule has 1 heteroatoms. The fraction of sp³-hybridized carbons (Fsp3) is 0.625. The molecule has 0 aliphatic rings. The lowest BCUT2D eigenvalue weighted by molar-refractivity contribution is 0.461. The molecule has 1 aromatic carbocycles. The average Bonchev–Trinajstić information content (AvgIpc) is 2.35. The summed E-state index contributed by atoms with van der Waals surface area (Å²) >= 11 is 0. The molecular weight excluding hydrogens is 206 g/mol. The largest absolute Gasteiger partial charge is 0.314 e. The highest BCUT2D eigenvalue weighted by Crippen LogP contribution is 2.13. The quantitative estimate of drug-likeness (QED) is 0.713. The highest BCUT2D eigenvalue weighted by Gasteiger charge is 2.09. The third-order valence-electron chi connectivity index (χ3n) is 3.32. The van der Waals surface area contributed by atoms with Gasteiger partial charge in [-0.3, -0.25) is 0 Å². The van der Waals surface area contributed by atoms with Crippen LogP contribution in [0.15, 0.2) is 24.3 Å². The lowest BCUT2D eigenvalue weighted by atomic mass is 9.97. The van der Waals surface area contributed by atoms with E-state index < -0.39 is 0 Å². The molecule has 1 atom stereocenters. The van der Waals surface area contributed by atoms with Crippen LogP contribution in [0.5, 0.6) is 0 Å². The fourth-order valence-corrected chi connectivity index (χ4v) is 2.18. The highest BCUT2D eigenvalue weighted by molar-refractivity contribution is 5.26. The van der Waals surface area contributed by atoms with Crippen molar-refractivity contribution in [3.05, 3.63) is 35.4 Å². The minimum Gasteiger partial charge on any atom is -0.314 e. The number of hydrogen-bond acceptors (Lipinski definition) is 1. The summed E-state index contributed by atoms with van der Waals surface area (Å²) in [6, 6.07) is 9.41. The molecule has 1 N–H and O–H groups in total. The van der Waals surface area contributed by atoms with Crippen molar-refractivity contribution in [2.45, 2.75) is 58.9 Å². The Balaban J connectivity index is 2.55. The van der Waals surface area contributed by atoms with Crippen LogP contribution in [0.25, 0.3) is 0 Å². The zero-order valence-corrected chi connectivity index (χ0v) is 11.6. The molecule has 0 radical (unpaired) electrons. The van der Waals surface area contributed by atoms with Crippen molar-refractivity contribution in [1.29, 1.82) is 0 Å². The molecule has 0 fully saturated rings. The summed E-state index contributed by atoms with van der Waals surface area (Å²) in [7, 11) is 0. The minimum atomic E-state index is 0.649. The molecule has 0 amide bonds. The molecule has 0 heterocycles. The van der Waals surface area contributed by atoms with Gasteiger partial charge in [0.1, 0.15) is 0 Å². The first-order valence-corrected chi connectivity index (χ1v) is 7.05. The second-order valence-corrected chi connectivity index (χ2v) is 4.92. The molecule has 0 saturated carbocycles. The van der Waals surface area contributed by atoms with E-state index in [0.717, 1.165) is 6.54 Å². The van der Waals surface area contributed by atoms with Crippen molar-refractivity contribution in [2.24, 2.45) is 0 Å². The Morgan fingerprint density at radius 1 is 1.12 bits per heavy atom. The molecule has 0 aliphatic carbocycles. The van der Waals surface area contributed by atoms with Gasteiger partial charge in [-0.15, -0.1) is 0 Å². The Kier molecular flexibility index (Phi) is 6.95. The summed E-state index contributed by atoms with van der Waals surface area (Å²) < 4.78 is 0. The average molecular weight is 233 g/mol. The monoisotopic (exact) mass is 233 g/mol. The first kappa shape index (κ1) is 14.2. The molecule has 17 heavy (non-hydrogen) atoms. The summed E-state index contributed by atoms with van der Waals surface area (Å²) in [4.78, 5) is 0. The number of nitrogens with one attached hydrogen (secondary N) is 1. The summed E-state index contributed by atoms with van der Waals surface area (Å²) in [5, 5.41) is 3.68. The van der Waals surface area contributed by atoms with Gasteiger partial charge in [-0.05, 0) is 43.9 Å². The topological polar surface area (TPSA) is 12.0 Å². The van der Waals surface area contributed by atoms with Crippen LogP contribution in [0.1, 0.15) is 50.7 Å². The van der Waals surface area contributed by atoms with Crippen molar-refractivity contribution in [1.82, 2.24) is 5.32 Å². The van der Waals surface area contributed by atoms with Gasteiger partial charge in [-0.1, -0.05) is 51.0 Å². The summed E-state index contributed by atoms with van der Waals surface area (Å²) in [6.45, 7) is 7.86. The van der Waals surface area contributed by atoms with E-state index in [0.29, 0.717) is 6.04 Å². The van der Waals surface area contributed by atoms with Crippen LogP contribution in [0.3, 0.4) is 0 Å². The third kappa shape index (κ3) is 5.36. The lowest BCUT2D eigenvalue weighted by Crippen LogP contribution is -2.32. The molecule has 0 bridgehead atoms.